The molecule has 0 saturated heterocycles. The number of aromatic amines is 1. The van der Waals surface area contributed by atoms with Crippen molar-refractivity contribution in [1.82, 2.24) is 9.55 Å². The molecule has 1 heterocycles. The van der Waals surface area contributed by atoms with Crippen LogP contribution in [0.4, 0.5) is 5.69 Å². The minimum absolute atomic E-state index is 0.0532. The Bertz CT molecular complexity index is 1380. The van der Waals surface area contributed by atoms with Crippen LogP contribution in [0.2, 0.25) is 5.02 Å². The highest BCUT2D eigenvalue weighted by Gasteiger charge is 2.16. The van der Waals surface area contributed by atoms with Crippen LogP contribution in [0.1, 0.15) is 21.5 Å². The highest BCUT2D eigenvalue weighted by atomic mass is 35.5. The molecule has 0 aliphatic heterocycles. The summed E-state index contributed by atoms with van der Waals surface area (Å²) in [6.45, 7) is 0.372. The molecule has 0 aliphatic rings. The van der Waals surface area contributed by atoms with Gasteiger partial charge in [-0.25, -0.2) is 4.79 Å². The van der Waals surface area contributed by atoms with Crippen molar-refractivity contribution in [2.75, 3.05) is 5.32 Å². The number of H-pyrrole nitrogens is 1. The van der Waals surface area contributed by atoms with E-state index in [1.807, 2.05) is 30.3 Å². The van der Waals surface area contributed by atoms with Gasteiger partial charge in [-0.15, -0.1) is 0 Å². The molecule has 0 atom stereocenters. The van der Waals surface area contributed by atoms with Crippen LogP contribution in [0.5, 0.6) is 5.75 Å². The molecule has 0 saturated carbocycles. The minimum Gasteiger partial charge on any atom is -0.489 e. The smallest absolute Gasteiger partial charge is 0.328 e. The quantitative estimate of drug-likeness (QED) is 0.434. The number of nitrogens with one attached hydrogen (secondary N) is 2. The number of hydrogen-bond donors (Lipinski definition) is 2. The van der Waals surface area contributed by atoms with E-state index in [4.69, 9.17) is 16.3 Å². The fourth-order valence-corrected chi connectivity index (χ4v) is 3.38. The fourth-order valence-electron chi connectivity index (χ4n) is 3.19. The molecule has 0 fully saturated rings. The van der Waals surface area contributed by atoms with Gasteiger partial charge in [0.2, 0.25) is 0 Å². The molecule has 7 nitrogen and oxygen atoms in total. The van der Waals surface area contributed by atoms with Crippen molar-refractivity contribution >= 4 is 23.2 Å². The molecule has 3 aromatic carbocycles. The van der Waals surface area contributed by atoms with Crippen LogP contribution in [0.3, 0.4) is 0 Å². The summed E-state index contributed by atoms with van der Waals surface area (Å²) >= 11 is 6.14. The van der Waals surface area contributed by atoms with Crippen LogP contribution in [-0.4, -0.2) is 15.5 Å². The number of halogens is 1. The maximum atomic E-state index is 12.8. The Labute approximate surface area is 194 Å². The minimum atomic E-state index is -0.709. The van der Waals surface area contributed by atoms with Crippen molar-refractivity contribution in [1.29, 1.82) is 0 Å². The van der Waals surface area contributed by atoms with Crippen molar-refractivity contribution in [3.05, 3.63) is 128 Å². The van der Waals surface area contributed by atoms with Gasteiger partial charge in [-0.1, -0.05) is 60.1 Å². The van der Waals surface area contributed by atoms with Crippen LogP contribution < -0.4 is 21.3 Å². The molecule has 1 amide bonds. The molecule has 0 unspecified atom stereocenters. The second-order valence-corrected chi connectivity index (χ2v) is 7.65. The summed E-state index contributed by atoms with van der Waals surface area (Å²) in [5.41, 5.74) is 0.591. The van der Waals surface area contributed by atoms with E-state index in [1.165, 1.54) is 0 Å². The first-order valence-electron chi connectivity index (χ1n) is 10.2. The van der Waals surface area contributed by atoms with Gasteiger partial charge in [-0.2, -0.15) is 0 Å². The van der Waals surface area contributed by atoms with Crippen molar-refractivity contribution in [2.24, 2.45) is 0 Å². The Kier molecular flexibility index (Phi) is 6.71. The number of anilines is 1. The van der Waals surface area contributed by atoms with Crippen LogP contribution in [0.25, 0.3) is 0 Å². The zero-order valence-corrected chi connectivity index (χ0v) is 18.2. The molecule has 0 spiro atoms. The summed E-state index contributed by atoms with van der Waals surface area (Å²) in [5.74, 6) is 0.00472. The van der Waals surface area contributed by atoms with Gasteiger partial charge >= 0.3 is 5.69 Å². The maximum absolute atomic E-state index is 12.8. The van der Waals surface area contributed by atoms with E-state index in [0.29, 0.717) is 28.6 Å². The van der Waals surface area contributed by atoms with Gasteiger partial charge in [-0.05, 0) is 41.5 Å². The number of hydrogen-bond acceptors (Lipinski definition) is 4. The number of ether oxygens (including phenoxy) is 1. The molecule has 1 aromatic heterocycles. The van der Waals surface area contributed by atoms with E-state index in [2.05, 4.69) is 10.3 Å². The second-order valence-electron chi connectivity index (χ2n) is 7.24. The third-order valence-electron chi connectivity index (χ3n) is 4.95. The molecular formula is C25H20ClN3O4. The third kappa shape index (κ3) is 5.39. The monoisotopic (exact) mass is 461 g/mol. The standard InChI is InChI=1S/C25H20ClN3O4/c26-22-9-5-4-8-18(22)15-29-24(31)21(14-27-25(29)32)23(30)28-19-10-12-20(13-11-19)33-16-17-6-2-1-3-7-17/h1-14H,15-16H2,(H,27,32)(H,28,30). The Morgan fingerprint density at radius 1 is 0.939 bits per heavy atom. The summed E-state index contributed by atoms with van der Waals surface area (Å²) in [7, 11) is 0. The molecule has 0 aliphatic carbocycles. The summed E-state index contributed by atoms with van der Waals surface area (Å²) in [4.78, 5) is 40.2. The van der Waals surface area contributed by atoms with E-state index < -0.39 is 17.2 Å². The number of carbonyl (C=O) groups is 1. The average Bonchev–Trinajstić information content (AvgIpc) is 2.83. The molecule has 4 rings (SSSR count). The van der Waals surface area contributed by atoms with Gasteiger partial charge in [0.25, 0.3) is 11.5 Å². The largest absolute Gasteiger partial charge is 0.489 e. The lowest BCUT2D eigenvalue weighted by molar-refractivity contribution is 0.102. The van der Waals surface area contributed by atoms with Crippen molar-refractivity contribution < 1.29 is 9.53 Å². The molecule has 2 N–H and O–H groups in total. The zero-order valence-electron chi connectivity index (χ0n) is 17.5. The molecule has 0 radical (unpaired) electrons. The fraction of sp³-hybridized carbons (Fsp3) is 0.0800. The summed E-state index contributed by atoms with van der Waals surface area (Å²) < 4.78 is 6.68. The average molecular weight is 462 g/mol. The SMILES string of the molecule is O=C(Nc1ccc(OCc2ccccc2)cc1)c1c[nH]c(=O)n(Cc2ccccc2Cl)c1=O. The normalized spacial score (nSPS) is 10.6. The van der Waals surface area contributed by atoms with Gasteiger partial charge in [0.05, 0.1) is 6.54 Å². The van der Waals surface area contributed by atoms with Gasteiger partial charge in [0.15, 0.2) is 0 Å². The van der Waals surface area contributed by atoms with E-state index >= 15 is 0 Å². The summed E-state index contributed by atoms with van der Waals surface area (Å²) in [5, 5.41) is 3.09. The molecular weight excluding hydrogens is 442 g/mol. The Morgan fingerprint density at radius 2 is 1.64 bits per heavy atom. The summed E-state index contributed by atoms with van der Waals surface area (Å²) in [6.07, 6.45) is 1.11. The third-order valence-corrected chi connectivity index (χ3v) is 5.32. The van der Waals surface area contributed by atoms with Gasteiger partial charge in [0, 0.05) is 16.9 Å². The lowest BCUT2D eigenvalue weighted by Crippen LogP contribution is -2.39. The van der Waals surface area contributed by atoms with Gasteiger partial charge in [0.1, 0.15) is 17.9 Å². The highest BCUT2D eigenvalue weighted by molar-refractivity contribution is 6.31. The van der Waals surface area contributed by atoms with Crippen LogP contribution in [-0.2, 0) is 13.2 Å². The van der Waals surface area contributed by atoms with Crippen molar-refractivity contribution in [3.63, 3.8) is 0 Å². The number of aromatic nitrogens is 2. The topological polar surface area (TPSA) is 93.2 Å². The number of carbonyl (C=O) groups excluding carboxylic acids is 1. The van der Waals surface area contributed by atoms with E-state index in [-0.39, 0.29) is 12.1 Å². The van der Waals surface area contributed by atoms with Crippen molar-refractivity contribution in [2.45, 2.75) is 13.2 Å². The lowest BCUT2D eigenvalue weighted by Gasteiger charge is -2.10. The van der Waals surface area contributed by atoms with Gasteiger partial charge < -0.3 is 15.0 Å². The molecule has 166 valence electrons. The van der Waals surface area contributed by atoms with Crippen LogP contribution >= 0.6 is 11.6 Å². The maximum Gasteiger partial charge on any atom is 0.328 e. The number of rotatable bonds is 7. The molecule has 8 heteroatoms. The van der Waals surface area contributed by atoms with Crippen molar-refractivity contribution in [3.8, 4) is 5.75 Å². The first-order valence-corrected chi connectivity index (χ1v) is 10.5. The van der Waals surface area contributed by atoms with E-state index in [1.54, 1.807) is 48.5 Å². The predicted molar refractivity (Wildman–Crippen MR) is 127 cm³/mol. The predicted octanol–water partition coefficient (Wildman–Crippen LogP) is 4.07. The van der Waals surface area contributed by atoms with E-state index in [0.717, 1.165) is 16.3 Å². The summed E-state index contributed by atoms with van der Waals surface area (Å²) in [6, 6.07) is 23.4. The first kappa shape index (κ1) is 22.1. The van der Waals surface area contributed by atoms with Gasteiger partial charge in [-0.3, -0.25) is 14.2 Å². The second kappa shape index (κ2) is 10.0. The Balaban J connectivity index is 1.46. The van der Waals surface area contributed by atoms with E-state index in [9.17, 15) is 14.4 Å². The number of amides is 1. The van der Waals surface area contributed by atoms with Crippen LogP contribution in [0.15, 0.2) is 94.6 Å². The Hall–Kier alpha value is -4.10. The molecule has 0 bridgehead atoms. The number of benzene rings is 3. The lowest BCUT2D eigenvalue weighted by atomic mass is 10.2. The van der Waals surface area contributed by atoms with Crippen LogP contribution in [0, 0.1) is 0 Å². The molecule has 4 aromatic rings. The highest BCUT2D eigenvalue weighted by Crippen LogP contribution is 2.18. The number of nitrogens with zero attached hydrogens (tertiary/aromatic N) is 1. The molecule has 33 heavy (non-hydrogen) atoms. The Morgan fingerprint density at radius 3 is 2.36 bits per heavy atom. The zero-order chi connectivity index (χ0) is 23.2. The first-order chi connectivity index (χ1) is 16.0.